The molecule has 2 aliphatic rings. The molecule has 0 N–H and O–H groups in total. The van der Waals surface area contributed by atoms with Crippen LogP contribution in [0.25, 0.3) is 0 Å². The Kier molecular flexibility index (Phi) is 1.81. The van der Waals surface area contributed by atoms with Crippen molar-refractivity contribution in [2.45, 2.75) is 18.6 Å². The Morgan fingerprint density at radius 1 is 1.50 bits per heavy atom. The molecule has 1 spiro atoms. The van der Waals surface area contributed by atoms with Gasteiger partial charge in [-0.25, -0.2) is 0 Å². The zero-order valence-corrected chi connectivity index (χ0v) is 7.04. The molecule has 2 rings (SSSR count). The summed E-state index contributed by atoms with van der Waals surface area (Å²) in [6.07, 6.45) is 1.62. The lowest BCUT2D eigenvalue weighted by Gasteiger charge is -2.42. The van der Waals surface area contributed by atoms with Crippen LogP contribution in [-0.4, -0.2) is 32.1 Å². The molecule has 0 radical (unpaired) electrons. The third-order valence-electron chi connectivity index (χ3n) is 2.57. The van der Waals surface area contributed by atoms with Crippen LogP contribution >= 0.6 is 0 Å². The van der Waals surface area contributed by atoms with Gasteiger partial charge in [0, 0.05) is 6.42 Å². The molecule has 4 nitrogen and oxygen atoms in total. The van der Waals surface area contributed by atoms with Crippen LogP contribution in [0.15, 0.2) is 0 Å². The molecular weight excluding hydrogens is 160 g/mol. The lowest BCUT2D eigenvalue weighted by molar-refractivity contribution is -0.250. The molecule has 4 heteroatoms. The van der Waals surface area contributed by atoms with Crippen LogP contribution in [0.5, 0.6) is 0 Å². The summed E-state index contributed by atoms with van der Waals surface area (Å²) in [5.41, 5.74) is 0. The lowest BCUT2D eigenvalue weighted by Crippen LogP contribution is -2.52. The number of rotatable bonds is 1. The Balaban J connectivity index is 2.04. The van der Waals surface area contributed by atoms with Gasteiger partial charge in [0.15, 0.2) is 5.79 Å². The van der Waals surface area contributed by atoms with Crippen LogP contribution in [0.3, 0.4) is 0 Å². The van der Waals surface area contributed by atoms with Crippen LogP contribution in [0, 0.1) is 5.92 Å². The summed E-state index contributed by atoms with van der Waals surface area (Å²) in [5, 5.41) is 0. The third kappa shape index (κ3) is 0.949. The third-order valence-corrected chi connectivity index (χ3v) is 2.57. The van der Waals surface area contributed by atoms with Crippen LogP contribution in [0.2, 0.25) is 0 Å². The van der Waals surface area contributed by atoms with Crippen molar-refractivity contribution in [1.82, 2.24) is 0 Å². The van der Waals surface area contributed by atoms with E-state index in [1.807, 2.05) is 0 Å². The number of methoxy groups -OCH3 is 1. The molecule has 12 heavy (non-hydrogen) atoms. The van der Waals surface area contributed by atoms with Gasteiger partial charge in [-0.2, -0.15) is 0 Å². The van der Waals surface area contributed by atoms with E-state index in [9.17, 15) is 4.79 Å². The van der Waals surface area contributed by atoms with Crippen molar-refractivity contribution in [2.24, 2.45) is 5.92 Å². The lowest BCUT2D eigenvalue weighted by atomic mass is 9.78. The molecule has 1 aliphatic heterocycles. The van der Waals surface area contributed by atoms with Crippen molar-refractivity contribution in [1.29, 1.82) is 0 Å². The monoisotopic (exact) mass is 172 g/mol. The highest BCUT2D eigenvalue weighted by Gasteiger charge is 2.56. The summed E-state index contributed by atoms with van der Waals surface area (Å²) in [6, 6.07) is 0. The van der Waals surface area contributed by atoms with Gasteiger partial charge in [0.25, 0.3) is 0 Å². The molecule has 1 atom stereocenters. The normalized spacial score (nSPS) is 31.6. The fourth-order valence-electron chi connectivity index (χ4n) is 1.78. The van der Waals surface area contributed by atoms with E-state index >= 15 is 0 Å². The zero-order chi connectivity index (χ0) is 8.60. The molecule has 0 aromatic carbocycles. The summed E-state index contributed by atoms with van der Waals surface area (Å²) < 4.78 is 15.4. The van der Waals surface area contributed by atoms with Crippen LogP contribution in [0.1, 0.15) is 12.8 Å². The van der Waals surface area contributed by atoms with E-state index in [0.29, 0.717) is 13.2 Å². The molecule has 0 amide bonds. The fourth-order valence-corrected chi connectivity index (χ4v) is 1.78. The van der Waals surface area contributed by atoms with Gasteiger partial charge in [-0.05, 0) is 6.42 Å². The maximum absolute atomic E-state index is 11.2. The van der Waals surface area contributed by atoms with E-state index < -0.39 is 5.79 Å². The standard InChI is InChI=1S/C8H12O4/c1-10-7(9)6-2-3-8(6)11-4-5-12-8/h6H,2-5H2,1H3. The molecular formula is C8H12O4. The van der Waals surface area contributed by atoms with Crippen molar-refractivity contribution in [3.8, 4) is 0 Å². The molecule has 68 valence electrons. The highest BCUT2D eigenvalue weighted by Crippen LogP contribution is 2.45. The predicted octanol–water partition coefficient (Wildman–Crippen LogP) is 0.312. The van der Waals surface area contributed by atoms with Crippen LogP contribution in [0.4, 0.5) is 0 Å². The van der Waals surface area contributed by atoms with E-state index in [0.717, 1.165) is 12.8 Å². The molecule has 1 heterocycles. The van der Waals surface area contributed by atoms with E-state index in [1.165, 1.54) is 7.11 Å². The number of hydrogen-bond donors (Lipinski definition) is 0. The highest BCUT2D eigenvalue weighted by atomic mass is 16.7. The largest absolute Gasteiger partial charge is 0.469 e. The number of hydrogen-bond acceptors (Lipinski definition) is 4. The number of carbonyl (C=O) groups is 1. The van der Waals surface area contributed by atoms with E-state index in [1.54, 1.807) is 0 Å². The number of carbonyl (C=O) groups excluding carboxylic acids is 1. The van der Waals surface area contributed by atoms with Gasteiger partial charge in [-0.15, -0.1) is 0 Å². The molecule has 0 aromatic rings. The van der Waals surface area contributed by atoms with Gasteiger partial charge in [0.05, 0.1) is 20.3 Å². The minimum absolute atomic E-state index is 0.204. The Hall–Kier alpha value is -0.610. The second-order valence-corrected chi connectivity index (χ2v) is 3.12. The molecule has 1 saturated carbocycles. The van der Waals surface area contributed by atoms with Gasteiger partial charge < -0.3 is 14.2 Å². The summed E-state index contributed by atoms with van der Waals surface area (Å²) in [7, 11) is 1.39. The maximum atomic E-state index is 11.2. The van der Waals surface area contributed by atoms with Gasteiger partial charge in [0.1, 0.15) is 5.92 Å². The Labute approximate surface area is 70.8 Å². The summed E-state index contributed by atoms with van der Waals surface area (Å²) in [4.78, 5) is 11.2. The SMILES string of the molecule is COC(=O)C1CCC12OCCO2. The van der Waals surface area contributed by atoms with Gasteiger partial charge in [-0.3, -0.25) is 4.79 Å². The highest BCUT2D eigenvalue weighted by molar-refractivity contribution is 5.74. The number of esters is 1. The van der Waals surface area contributed by atoms with Crippen molar-refractivity contribution < 1.29 is 19.0 Å². The topological polar surface area (TPSA) is 44.8 Å². The Bertz CT molecular complexity index is 195. The average Bonchev–Trinajstić information content (AvgIpc) is 2.52. The quantitative estimate of drug-likeness (QED) is 0.534. The van der Waals surface area contributed by atoms with E-state index in [2.05, 4.69) is 4.74 Å². The Morgan fingerprint density at radius 3 is 2.58 bits per heavy atom. The van der Waals surface area contributed by atoms with Crippen molar-refractivity contribution in [2.75, 3.05) is 20.3 Å². The van der Waals surface area contributed by atoms with Gasteiger partial charge in [-0.1, -0.05) is 0 Å². The molecule has 0 bridgehead atoms. The molecule has 1 unspecified atom stereocenters. The van der Waals surface area contributed by atoms with E-state index in [4.69, 9.17) is 9.47 Å². The molecule has 1 aliphatic carbocycles. The van der Waals surface area contributed by atoms with Crippen molar-refractivity contribution in [3.63, 3.8) is 0 Å². The van der Waals surface area contributed by atoms with Crippen molar-refractivity contribution >= 4 is 5.97 Å². The fraction of sp³-hybridized carbons (Fsp3) is 0.875. The van der Waals surface area contributed by atoms with Gasteiger partial charge >= 0.3 is 5.97 Å². The first-order valence-electron chi connectivity index (χ1n) is 4.14. The molecule has 1 saturated heterocycles. The first kappa shape index (κ1) is 8.01. The van der Waals surface area contributed by atoms with E-state index in [-0.39, 0.29) is 11.9 Å². The van der Waals surface area contributed by atoms with Crippen LogP contribution in [-0.2, 0) is 19.0 Å². The maximum Gasteiger partial charge on any atom is 0.314 e. The smallest absolute Gasteiger partial charge is 0.314 e. The zero-order valence-electron chi connectivity index (χ0n) is 7.04. The van der Waals surface area contributed by atoms with Crippen LogP contribution < -0.4 is 0 Å². The Morgan fingerprint density at radius 2 is 2.17 bits per heavy atom. The second-order valence-electron chi connectivity index (χ2n) is 3.12. The number of ether oxygens (including phenoxy) is 3. The second kappa shape index (κ2) is 2.71. The molecule has 0 aromatic heterocycles. The summed E-state index contributed by atoms with van der Waals surface area (Å²) in [5.74, 6) is -1.04. The summed E-state index contributed by atoms with van der Waals surface area (Å²) in [6.45, 7) is 1.18. The average molecular weight is 172 g/mol. The first-order chi connectivity index (χ1) is 5.78. The summed E-state index contributed by atoms with van der Waals surface area (Å²) >= 11 is 0. The predicted molar refractivity (Wildman–Crippen MR) is 39.4 cm³/mol. The first-order valence-corrected chi connectivity index (χ1v) is 4.14. The minimum Gasteiger partial charge on any atom is -0.469 e. The molecule has 2 fully saturated rings. The van der Waals surface area contributed by atoms with Crippen molar-refractivity contribution in [3.05, 3.63) is 0 Å². The minimum atomic E-state index is -0.618. The van der Waals surface area contributed by atoms with Gasteiger partial charge in [0.2, 0.25) is 0 Å².